The van der Waals surface area contributed by atoms with Crippen LogP contribution in [0.4, 0.5) is 0 Å². The molecule has 0 bridgehead atoms. The van der Waals surface area contributed by atoms with Gasteiger partial charge in [-0.15, -0.1) is 18.2 Å². The first-order valence-corrected chi connectivity index (χ1v) is 7.23. The molecule has 0 unspecified atom stereocenters. The minimum Gasteiger partial charge on any atom is -0.456 e. The second-order valence-corrected chi connectivity index (χ2v) is 6.75. The smallest absolute Gasteiger partial charge is 0.309 e. The highest BCUT2D eigenvalue weighted by molar-refractivity contribution is 6.21. The number of rotatable bonds is 2. The molecular weight excluding hydrogens is 268 g/mol. The number of carbonyl (C=O) groups excluding carboxylic acids is 1. The molecule has 0 aromatic carbocycles. The third kappa shape index (κ3) is 1.70. The number of hydrogen-bond acceptors (Lipinski definition) is 4. The van der Waals surface area contributed by atoms with Gasteiger partial charge in [0.25, 0.3) is 0 Å². The van der Waals surface area contributed by atoms with Crippen LogP contribution in [0.2, 0.25) is 0 Å². The zero-order valence-corrected chi connectivity index (χ0v) is 11.5. The van der Waals surface area contributed by atoms with Gasteiger partial charge in [0.15, 0.2) is 0 Å². The van der Waals surface area contributed by atoms with Crippen molar-refractivity contribution < 1.29 is 19.7 Å². The average molecular weight is 287 g/mol. The van der Waals surface area contributed by atoms with Crippen LogP contribution in [0.15, 0.2) is 12.7 Å². The number of halogens is 1. The van der Waals surface area contributed by atoms with Gasteiger partial charge in [-0.05, 0) is 25.2 Å². The Kier molecular flexibility index (Phi) is 2.97. The van der Waals surface area contributed by atoms with Gasteiger partial charge in [0.1, 0.15) is 11.2 Å². The Morgan fingerprint density at radius 2 is 2.26 bits per heavy atom. The molecule has 0 aromatic rings. The van der Waals surface area contributed by atoms with Crippen molar-refractivity contribution in [2.75, 3.05) is 0 Å². The standard InChI is InChI=1S/C14H19ClO4/c1-2-3-8-5-13(18)7-12(17)19-14(13)6-10(15)11(16)4-9(8)14/h2,8-11,16,18H,1,3-7H2/t8-,9-,10-,11-,13+,14-/m1/s1. The summed E-state index contributed by atoms with van der Waals surface area (Å²) in [6.45, 7) is 3.75. The van der Waals surface area contributed by atoms with E-state index in [1.807, 2.05) is 6.08 Å². The Labute approximate surface area is 117 Å². The quantitative estimate of drug-likeness (QED) is 0.457. The maximum absolute atomic E-state index is 11.7. The van der Waals surface area contributed by atoms with Crippen LogP contribution in [-0.2, 0) is 9.53 Å². The molecule has 2 N–H and O–H groups in total. The number of aliphatic hydroxyl groups is 2. The average Bonchev–Trinajstić information content (AvgIpc) is 2.66. The fourth-order valence-corrected chi connectivity index (χ4v) is 4.74. The molecule has 0 aromatic heterocycles. The van der Waals surface area contributed by atoms with E-state index in [2.05, 4.69) is 6.58 Å². The number of ether oxygens (including phenoxy) is 1. The van der Waals surface area contributed by atoms with Gasteiger partial charge in [-0.25, -0.2) is 0 Å². The molecular formula is C14H19ClO4. The van der Waals surface area contributed by atoms with Crippen LogP contribution in [0.3, 0.4) is 0 Å². The molecule has 1 spiro atoms. The molecule has 4 nitrogen and oxygen atoms in total. The van der Waals surface area contributed by atoms with E-state index in [9.17, 15) is 15.0 Å². The molecule has 1 saturated heterocycles. The number of carbonyl (C=O) groups is 1. The monoisotopic (exact) mass is 286 g/mol. The predicted molar refractivity (Wildman–Crippen MR) is 69.7 cm³/mol. The molecule has 3 aliphatic rings. The lowest BCUT2D eigenvalue weighted by molar-refractivity contribution is -0.173. The van der Waals surface area contributed by atoms with Gasteiger partial charge < -0.3 is 14.9 Å². The first-order chi connectivity index (χ1) is 8.92. The van der Waals surface area contributed by atoms with E-state index in [1.165, 1.54) is 0 Å². The van der Waals surface area contributed by atoms with Crippen molar-refractivity contribution in [2.45, 2.75) is 54.8 Å². The van der Waals surface area contributed by atoms with Gasteiger partial charge in [0.2, 0.25) is 0 Å². The van der Waals surface area contributed by atoms with E-state index in [-0.39, 0.29) is 24.2 Å². The van der Waals surface area contributed by atoms with Crippen molar-refractivity contribution in [2.24, 2.45) is 11.8 Å². The van der Waals surface area contributed by atoms with Crippen molar-refractivity contribution in [1.29, 1.82) is 0 Å². The molecule has 5 heteroatoms. The largest absolute Gasteiger partial charge is 0.456 e. The molecule has 1 aliphatic heterocycles. The van der Waals surface area contributed by atoms with Gasteiger partial charge in [0.05, 0.1) is 17.9 Å². The summed E-state index contributed by atoms with van der Waals surface area (Å²) in [6, 6.07) is 0. The summed E-state index contributed by atoms with van der Waals surface area (Å²) in [6.07, 6.45) is 3.34. The van der Waals surface area contributed by atoms with Crippen LogP contribution >= 0.6 is 11.6 Å². The highest BCUT2D eigenvalue weighted by Crippen LogP contribution is 2.61. The van der Waals surface area contributed by atoms with Gasteiger partial charge in [-0.1, -0.05) is 6.08 Å². The zero-order valence-electron chi connectivity index (χ0n) is 10.7. The Hall–Kier alpha value is -0.580. The lowest BCUT2D eigenvalue weighted by Gasteiger charge is -2.45. The molecule has 1 heterocycles. The van der Waals surface area contributed by atoms with Crippen LogP contribution in [-0.4, -0.2) is 38.9 Å². The molecule has 2 aliphatic carbocycles. The van der Waals surface area contributed by atoms with Gasteiger partial charge in [0, 0.05) is 12.3 Å². The third-order valence-electron chi connectivity index (χ3n) is 5.17. The minimum absolute atomic E-state index is 0.0352. The van der Waals surface area contributed by atoms with E-state index in [1.54, 1.807) is 0 Å². The summed E-state index contributed by atoms with van der Waals surface area (Å²) in [5, 5.41) is 20.4. The summed E-state index contributed by atoms with van der Waals surface area (Å²) >= 11 is 6.16. The van der Waals surface area contributed by atoms with Crippen molar-refractivity contribution in [3.8, 4) is 0 Å². The van der Waals surface area contributed by atoms with Crippen molar-refractivity contribution in [3.63, 3.8) is 0 Å². The summed E-state index contributed by atoms with van der Waals surface area (Å²) in [5.74, 6) is -0.203. The van der Waals surface area contributed by atoms with Gasteiger partial charge in [-0.2, -0.15) is 0 Å². The Bertz CT molecular complexity index is 426. The van der Waals surface area contributed by atoms with E-state index < -0.39 is 22.7 Å². The van der Waals surface area contributed by atoms with Crippen LogP contribution in [0, 0.1) is 11.8 Å². The third-order valence-corrected chi connectivity index (χ3v) is 5.61. The lowest BCUT2D eigenvalue weighted by Crippen LogP contribution is -2.57. The predicted octanol–water partition coefficient (Wildman–Crippen LogP) is 1.38. The second-order valence-electron chi connectivity index (χ2n) is 6.19. The zero-order chi connectivity index (χ0) is 13.8. The SMILES string of the molecule is C=CC[C@@H]1C[C@]2(O)CC(=O)O[C@@]23C[C@@H](Cl)[C@H](O)C[C@H]13. The van der Waals surface area contributed by atoms with E-state index in [4.69, 9.17) is 16.3 Å². The lowest BCUT2D eigenvalue weighted by atomic mass is 9.69. The summed E-state index contributed by atoms with van der Waals surface area (Å²) in [4.78, 5) is 11.7. The maximum Gasteiger partial charge on any atom is 0.309 e. The van der Waals surface area contributed by atoms with Crippen LogP contribution in [0.5, 0.6) is 0 Å². The van der Waals surface area contributed by atoms with Crippen LogP contribution in [0.25, 0.3) is 0 Å². The molecule has 3 rings (SSSR count). The molecule has 2 saturated carbocycles. The number of esters is 1. The van der Waals surface area contributed by atoms with E-state index in [0.29, 0.717) is 19.3 Å². The van der Waals surface area contributed by atoms with Crippen LogP contribution in [0.1, 0.15) is 32.1 Å². The highest BCUT2D eigenvalue weighted by atomic mass is 35.5. The number of aliphatic hydroxyl groups excluding tert-OH is 1. The summed E-state index contributed by atoms with van der Waals surface area (Å²) < 4.78 is 5.56. The normalized spacial score (nSPS) is 52.5. The fourth-order valence-electron chi connectivity index (χ4n) is 4.41. The minimum atomic E-state index is -1.13. The molecule has 0 amide bonds. The summed E-state index contributed by atoms with van der Waals surface area (Å²) in [5.41, 5.74) is -2.03. The Morgan fingerprint density at radius 1 is 1.53 bits per heavy atom. The van der Waals surface area contributed by atoms with E-state index in [0.717, 1.165) is 6.42 Å². The van der Waals surface area contributed by atoms with E-state index >= 15 is 0 Å². The number of allylic oxidation sites excluding steroid dienone is 1. The highest BCUT2D eigenvalue weighted by Gasteiger charge is 2.72. The fraction of sp³-hybridized carbons (Fsp3) is 0.786. The number of hydrogen-bond donors (Lipinski definition) is 2. The van der Waals surface area contributed by atoms with Crippen molar-refractivity contribution in [3.05, 3.63) is 12.7 Å². The molecule has 3 fully saturated rings. The molecule has 106 valence electrons. The molecule has 6 atom stereocenters. The Balaban J connectivity index is 2.00. The number of alkyl halides is 1. The van der Waals surface area contributed by atoms with Crippen molar-refractivity contribution >= 4 is 17.6 Å². The second kappa shape index (κ2) is 4.21. The Morgan fingerprint density at radius 3 is 2.95 bits per heavy atom. The molecule has 19 heavy (non-hydrogen) atoms. The topological polar surface area (TPSA) is 66.8 Å². The van der Waals surface area contributed by atoms with Gasteiger partial charge >= 0.3 is 5.97 Å². The van der Waals surface area contributed by atoms with Gasteiger partial charge in [-0.3, -0.25) is 4.79 Å². The van der Waals surface area contributed by atoms with Crippen LogP contribution < -0.4 is 0 Å². The molecule has 0 radical (unpaired) electrons. The van der Waals surface area contributed by atoms with Crippen molar-refractivity contribution in [1.82, 2.24) is 0 Å². The first-order valence-electron chi connectivity index (χ1n) is 6.79. The first kappa shape index (κ1) is 13.4. The maximum atomic E-state index is 11.7. The summed E-state index contributed by atoms with van der Waals surface area (Å²) in [7, 11) is 0.